The summed E-state index contributed by atoms with van der Waals surface area (Å²) in [5.41, 5.74) is 12.4. The summed E-state index contributed by atoms with van der Waals surface area (Å²) >= 11 is 0. The SMILES string of the molecule is NP(N)(=O)OCCCc1cc2ccccc2[nH]1. The van der Waals surface area contributed by atoms with E-state index in [1.54, 1.807) is 0 Å². The Morgan fingerprint density at radius 2 is 2.06 bits per heavy atom. The van der Waals surface area contributed by atoms with Gasteiger partial charge >= 0.3 is 7.67 Å². The first-order chi connectivity index (χ1) is 8.04. The molecule has 0 aliphatic rings. The summed E-state index contributed by atoms with van der Waals surface area (Å²) < 4.78 is 15.7. The van der Waals surface area contributed by atoms with E-state index in [1.807, 2.05) is 18.2 Å². The molecular formula is C11H16N3O2P. The van der Waals surface area contributed by atoms with Gasteiger partial charge in [0.2, 0.25) is 0 Å². The fraction of sp³-hybridized carbons (Fsp3) is 0.273. The zero-order valence-electron chi connectivity index (χ0n) is 9.43. The Morgan fingerprint density at radius 3 is 2.76 bits per heavy atom. The van der Waals surface area contributed by atoms with Crippen molar-refractivity contribution in [3.05, 3.63) is 36.0 Å². The number of fused-ring (bicyclic) bond motifs is 1. The number of aryl methyl sites for hydroxylation is 1. The normalized spacial score (nSPS) is 12.1. The van der Waals surface area contributed by atoms with Crippen LogP contribution < -0.4 is 11.0 Å². The molecular weight excluding hydrogens is 237 g/mol. The van der Waals surface area contributed by atoms with Crippen LogP contribution in [0.3, 0.4) is 0 Å². The summed E-state index contributed by atoms with van der Waals surface area (Å²) in [6, 6.07) is 10.2. The third-order valence-corrected chi connectivity index (χ3v) is 3.06. The summed E-state index contributed by atoms with van der Waals surface area (Å²) in [4.78, 5) is 3.31. The standard InChI is InChI=1S/C11H16N3O2P/c12-17(13,15)16-7-3-5-10-8-9-4-1-2-6-11(9)14-10/h1-2,4,6,8,14H,3,5,7H2,(H4,12,13,15). The molecule has 0 saturated heterocycles. The molecule has 0 spiro atoms. The van der Waals surface area contributed by atoms with Crippen LogP contribution in [-0.4, -0.2) is 11.6 Å². The number of benzene rings is 1. The van der Waals surface area contributed by atoms with Crippen molar-refractivity contribution in [2.24, 2.45) is 11.0 Å². The first kappa shape index (κ1) is 12.3. The number of aromatic amines is 1. The molecule has 0 aliphatic heterocycles. The highest BCUT2D eigenvalue weighted by molar-refractivity contribution is 7.53. The van der Waals surface area contributed by atoms with Crippen molar-refractivity contribution in [3.63, 3.8) is 0 Å². The minimum atomic E-state index is -3.33. The molecule has 6 heteroatoms. The third-order valence-electron chi connectivity index (χ3n) is 2.47. The molecule has 0 aliphatic carbocycles. The summed E-state index contributed by atoms with van der Waals surface area (Å²) in [5.74, 6) is 0. The van der Waals surface area contributed by atoms with Gasteiger partial charge < -0.3 is 9.51 Å². The lowest BCUT2D eigenvalue weighted by atomic mass is 10.2. The van der Waals surface area contributed by atoms with Crippen LogP contribution in [0.4, 0.5) is 0 Å². The zero-order chi connectivity index (χ0) is 12.3. The van der Waals surface area contributed by atoms with Gasteiger partial charge in [0.15, 0.2) is 0 Å². The number of rotatable bonds is 5. The van der Waals surface area contributed by atoms with E-state index in [0.29, 0.717) is 6.61 Å². The fourth-order valence-corrected chi connectivity index (χ4v) is 2.15. The lowest BCUT2D eigenvalue weighted by Crippen LogP contribution is -2.09. The van der Waals surface area contributed by atoms with Crippen LogP contribution in [0.25, 0.3) is 10.9 Å². The van der Waals surface area contributed by atoms with E-state index < -0.39 is 7.67 Å². The molecule has 1 heterocycles. The molecule has 0 unspecified atom stereocenters. The van der Waals surface area contributed by atoms with Crippen LogP contribution in [0.2, 0.25) is 0 Å². The molecule has 17 heavy (non-hydrogen) atoms. The molecule has 0 amide bonds. The van der Waals surface area contributed by atoms with Crippen molar-refractivity contribution >= 4 is 18.6 Å². The highest BCUT2D eigenvalue weighted by Gasteiger charge is 2.07. The van der Waals surface area contributed by atoms with E-state index in [4.69, 9.17) is 15.5 Å². The van der Waals surface area contributed by atoms with E-state index >= 15 is 0 Å². The van der Waals surface area contributed by atoms with Gasteiger partial charge in [-0.2, -0.15) is 0 Å². The molecule has 2 rings (SSSR count). The number of hydrogen-bond acceptors (Lipinski definition) is 2. The number of H-pyrrole nitrogens is 1. The van der Waals surface area contributed by atoms with Crippen molar-refractivity contribution in [1.82, 2.24) is 4.98 Å². The zero-order valence-corrected chi connectivity index (χ0v) is 10.3. The highest BCUT2D eigenvalue weighted by Crippen LogP contribution is 2.26. The average molecular weight is 253 g/mol. The molecule has 92 valence electrons. The second-order valence-electron chi connectivity index (χ2n) is 3.96. The number of nitrogens with one attached hydrogen (secondary N) is 1. The molecule has 5 nitrogen and oxygen atoms in total. The van der Waals surface area contributed by atoms with Gasteiger partial charge in [0.05, 0.1) is 6.61 Å². The Balaban J connectivity index is 1.89. The minimum Gasteiger partial charge on any atom is -0.358 e. The summed E-state index contributed by atoms with van der Waals surface area (Å²) in [6.07, 6.45) is 1.54. The quantitative estimate of drug-likeness (QED) is 0.562. The van der Waals surface area contributed by atoms with Gasteiger partial charge in [-0.15, -0.1) is 0 Å². The number of aromatic nitrogens is 1. The van der Waals surface area contributed by atoms with Gasteiger partial charge in [-0.1, -0.05) is 18.2 Å². The van der Waals surface area contributed by atoms with Crippen molar-refractivity contribution < 1.29 is 9.09 Å². The molecule has 0 radical (unpaired) electrons. The summed E-state index contributed by atoms with van der Waals surface area (Å²) in [7, 11) is -3.33. The molecule has 1 aromatic heterocycles. The number of para-hydroxylation sites is 1. The van der Waals surface area contributed by atoms with Gasteiger partial charge in [-0.05, 0) is 30.4 Å². The predicted octanol–water partition coefficient (Wildman–Crippen LogP) is 2.14. The van der Waals surface area contributed by atoms with Gasteiger partial charge in [-0.3, -0.25) is 4.57 Å². The smallest absolute Gasteiger partial charge is 0.335 e. The Kier molecular flexibility index (Phi) is 3.64. The van der Waals surface area contributed by atoms with Crippen molar-refractivity contribution in [2.75, 3.05) is 6.61 Å². The maximum Gasteiger partial charge on any atom is 0.335 e. The van der Waals surface area contributed by atoms with Crippen molar-refractivity contribution in [2.45, 2.75) is 12.8 Å². The van der Waals surface area contributed by atoms with Crippen LogP contribution in [0.15, 0.2) is 30.3 Å². The first-order valence-corrected chi connectivity index (χ1v) is 7.19. The fourth-order valence-electron chi connectivity index (χ4n) is 1.74. The lowest BCUT2D eigenvalue weighted by Gasteiger charge is -2.06. The summed E-state index contributed by atoms with van der Waals surface area (Å²) in [6.45, 7) is 0.305. The molecule has 2 aromatic rings. The monoisotopic (exact) mass is 253 g/mol. The van der Waals surface area contributed by atoms with Crippen LogP contribution in [0, 0.1) is 0 Å². The van der Waals surface area contributed by atoms with E-state index in [2.05, 4.69) is 17.1 Å². The molecule has 0 atom stereocenters. The number of nitrogens with two attached hydrogens (primary N) is 2. The first-order valence-electron chi connectivity index (χ1n) is 5.43. The van der Waals surface area contributed by atoms with Crippen LogP contribution in [0.1, 0.15) is 12.1 Å². The molecule has 1 aromatic carbocycles. The lowest BCUT2D eigenvalue weighted by molar-refractivity contribution is 0.308. The highest BCUT2D eigenvalue weighted by atomic mass is 31.2. The third kappa shape index (κ3) is 3.68. The number of hydrogen-bond donors (Lipinski definition) is 3. The van der Waals surface area contributed by atoms with Gasteiger partial charge in [0.1, 0.15) is 0 Å². The van der Waals surface area contributed by atoms with Crippen LogP contribution in [0.5, 0.6) is 0 Å². The Labute approximate surface area is 99.7 Å². The minimum absolute atomic E-state index is 0.305. The van der Waals surface area contributed by atoms with Crippen LogP contribution >= 0.6 is 7.67 Å². The van der Waals surface area contributed by atoms with E-state index in [1.165, 1.54) is 5.39 Å². The van der Waals surface area contributed by atoms with Gasteiger partial charge in [0.25, 0.3) is 0 Å². The molecule has 0 saturated carbocycles. The maximum absolute atomic E-state index is 10.9. The second kappa shape index (κ2) is 5.02. The van der Waals surface area contributed by atoms with E-state index in [-0.39, 0.29) is 0 Å². The second-order valence-corrected chi connectivity index (χ2v) is 5.51. The van der Waals surface area contributed by atoms with Gasteiger partial charge in [0, 0.05) is 11.2 Å². The maximum atomic E-state index is 10.9. The van der Waals surface area contributed by atoms with Crippen LogP contribution in [-0.2, 0) is 15.5 Å². The topological polar surface area (TPSA) is 94.1 Å². The Hall–Kier alpha value is -1.13. The van der Waals surface area contributed by atoms with Crippen molar-refractivity contribution in [3.8, 4) is 0 Å². The molecule has 0 bridgehead atoms. The van der Waals surface area contributed by atoms with Gasteiger partial charge in [-0.25, -0.2) is 11.0 Å². The molecule has 0 fully saturated rings. The predicted molar refractivity (Wildman–Crippen MR) is 68.6 cm³/mol. The van der Waals surface area contributed by atoms with E-state index in [9.17, 15) is 4.57 Å². The average Bonchev–Trinajstić information content (AvgIpc) is 2.65. The van der Waals surface area contributed by atoms with E-state index in [0.717, 1.165) is 24.1 Å². The largest absolute Gasteiger partial charge is 0.358 e. The Bertz CT molecular complexity index is 513. The molecule has 5 N–H and O–H groups in total. The Morgan fingerprint density at radius 1 is 1.29 bits per heavy atom. The van der Waals surface area contributed by atoms with Crippen molar-refractivity contribution in [1.29, 1.82) is 0 Å². The summed E-state index contributed by atoms with van der Waals surface area (Å²) in [5, 5.41) is 1.19.